The lowest BCUT2D eigenvalue weighted by atomic mass is 10.1. The number of hydrazone groups is 1. The minimum absolute atomic E-state index is 0.0658. The molecular weight excluding hydrogens is 376 g/mol. The van der Waals surface area contributed by atoms with E-state index in [4.69, 9.17) is 0 Å². The number of amides is 2. The maximum atomic E-state index is 12.7. The zero-order valence-corrected chi connectivity index (χ0v) is 17.9. The predicted molar refractivity (Wildman–Crippen MR) is 122 cm³/mol. The lowest BCUT2D eigenvalue weighted by molar-refractivity contribution is -0.126. The Hall–Kier alpha value is -2.99. The van der Waals surface area contributed by atoms with Crippen molar-refractivity contribution in [2.24, 2.45) is 5.10 Å². The summed E-state index contributed by atoms with van der Waals surface area (Å²) in [6.45, 7) is 6.28. The van der Waals surface area contributed by atoms with Gasteiger partial charge in [-0.15, -0.1) is 0 Å². The van der Waals surface area contributed by atoms with Crippen LogP contribution in [0, 0.1) is 0 Å². The maximum Gasteiger partial charge on any atom is 0.257 e. The Balaban J connectivity index is 1.80. The van der Waals surface area contributed by atoms with Gasteiger partial charge in [0.25, 0.3) is 11.8 Å². The summed E-state index contributed by atoms with van der Waals surface area (Å²) in [6, 6.07) is 18.6. The molecule has 2 amide bonds. The van der Waals surface area contributed by atoms with E-state index in [1.54, 1.807) is 18.3 Å². The van der Waals surface area contributed by atoms with Crippen molar-refractivity contribution in [1.82, 2.24) is 15.6 Å². The standard InChI is InChI=1S/C24H32N4O2/c1-3-28(4-2)22(24(30)27-26-19-20-13-7-5-8-14-20)17-11-12-18-25-23(29)21-15-9-6-10-16-21/h5-10,13-16,19,22H,3-4,11-12,17-18H2,1-2H3,(H,25,29)(H,27,30)/b26-19+/t22-/m1/s1. The van der Waals surface area contributed by atoms with Gasteiger partial charge in [0.2, 0.25) is 0 Å². The number of carbonyl (C=O) groups is 2. The topological polar surface area (TPSA) is 73.8 Å². The Morgan fingerprint density at radius 2 is 1.60 bits per heavy atom. The number of hydrogen-bond donors (Lipinski definition) is 2. The van der Waals surface area contributed by atoms with Crippen molar-refractivity contribution < 1.29 is 9.59 Å². The smallest absolute Gasteiger partial charge is 0.257 e. The van der Waals surface area contributed by atoms with Crippen LogP contribution in [-0.4, -0.2) is 48.6 Å². The molecule has 0 saturated heterocycles. The number of hydrogen-bond acceptors (Lipinski definition) is 4. The minimum Gasteiger partial charge on any atom is -0.352 e. The van der Waals surface area contributed by atoms with Crippen LogP contribution in [0.4, 0.5) is 0 Å². The van der Waals surface area contributed by atoms with E-state index in [1.807, 2.05) is 48.5 Å². The Morgan fingerprint density at radius 1 is 0.967 bits per heavy atom. The summed E-state index contributed by atoms with van der Waals surface area (Å²) in [7, 11) is 0. The highest BCUT2D eigenvalue weighted by Crippen LogP contribution is 2.10. The van der Waals surface area contributed by atoms with Crippen LogP contribution in [0.1, 0.15) is 49.0 Å². The number of rotatable bonds is 12. The zero-order chi connectivity index (χ0) is 21.6. The molecule has 2 aromatic rings. The van der Waals surface area contributed by atoms with E-state index in [1.165, 1.54) is 0 Å². The molecule has 2 N–H and O–H groups in total. The third kappa shape index (κ3) is 7.79. The quantitative estimate of drug-likeness (QED) is 0.321. The lowest BCUT2D eigenvalue weighted by Crippen LogP contribution is -2.45. The lowest BCUT2D eigenvalue weighted by Gasteiger charge is -2.28. The van der Waals surface area contributed by atoms with Crippen LogP contribution in [-0.2, 0) is 4.79 Å². The van der Waals surface area contributed by atoms with Crippen LogP contribution in [0.15, 0.2) is 65.8 Å². The van der Waals surface area contributed by atoms with Crippen molar-refractivity contribution in [2.45, 2.75) is 39.2 Å². The highest BCUT2D eigenvalue weighted by Gasteiger charge is 2.23. The van der Waals surface area contributed by atoms with Gasteiger partial charge in [-0.05, 0) is 50.0 Å². The first kappa shape index (κ1) is 23.3. The SMILES string of the molecule is CCN(CC)[C@H](CCCCNC(=O)c1ccccc1)C(=O)N/N=C/c1ccccc1. The van der Waals surface area contributed by atoms with Gasteiger partial charge in [-0.3, -0.25) is 14.5 Å². The van der Waals surface area contributed by atoms with Gasteiger partial charge in [0.05, 0.1) is 12.3 Å². The van der Waals surface area contributed by atoms with Crippen molar-refractivity contribution in [3.63, 3.8) is 0 Å². The summed E-state index contributed by atoms with van der Waals surface area (Å²) in [5.74, 6) is -0.164. The fourth-order valence-corrected chi connectivity index (χ4v) is 3.28. The Kier molecular flexibility index (Phi) is 10.3. The molecule has 0 aliphatic rings. The summed E-state index contributed by atoms with van der Waals surface area (Å²) in [5.41, 5.74) is 4.28. The van der Waals surface area contributed by atoms with Gasteiger partial charge in [-0.1, -0.05) is 62.4 Å². The van der Waals surface area contributed by atoms with Gasteiger partial charge < -0.3 is 5.32 Å². The summed E-state index contributed by atoms with van der Waals surface area (Å²) in [5, 5.41) is 7.04. The van der Waals surface area contributed by atoms with Crippen molar-refractivity contribution in [2.75, 3.05) is 19.6 Å². The van der Waals surface area contributed by atoms with Crippen LogP contribution in [0.3, 0.4) is 0 Å². The second kappa shape index (κ2) is 13.3. The fraction of sp³-hybridized carbons (Fsp3) is 0.375. The molecule has 6 heteroatoms. The normalized spacial score (nSPS) is 12.1. The van der Waals surface area contributed by atoms with Gasteiger partial charge >= 0.3 is 0 Å². The molecule has 0 aliphatic carbocycles. The van der Waals surface area contributed by atoms with Crippen LogP contribution >= 0.6 is 0 Å². The van der Waals surface area contributed by atoms with E-state index in [2.05, 4.69) is 34.6 Å². The monoisotopic (exact) mass is 408 g/mol. The van der Waals surface area contributed by atoms with E-state index < -0.39 is 0 Å². The summed E-state index contributed by atoms with van der Waals surface area (Å²) >= 11 is 0. The molecule has 2 aromatic carbocycles. The van der Waals surface area contributed by atoms with Gasteiger partial charge in [0, 0.05) is 12.1 Å². The molecule has 0 radical (unpaired) electrons. The third-order valence-corrected chi connectivity index (χ3v) is 4.97. The van der Waals surface area contributed by atoms with Gasteiger partial charge in [0.15, 0.2) is 0 Å². The van der Waals surface area contributed by atoms with Crippen molar-refractivity contribution in [1.29, 1.82) is 0 Å². The zero-order valence-electron chi connectivity index (χ0n) is 17.9. The molecule has 0 fully saturated rings. The molecule has 6 nitrogen and oxygen atoms in total. The number of nitrogens with one attached hydrogen (secondary N) is 2. The van der Waals surface area contributed by atoms with Gasteiger partial charge in [-0.2, -0.15) is 5.10 Å². The fourth-order valence-electron chi connectivity index (χ4n) is 3.28. The largest absolute Gasteiger partial charge is 0.352 e. The molecule has 160 valence electrons. The maximum absolute atomic E-state index is 12.7. The summed E-state index contributed by atoms with van der Waals surface area (Å²) < 4.78 is 0. The van der Waals surface area contributed by atoms with E-state index in [0.29, 0.717) is 12.1 Å². The number of unbranched alkanes of at least 4 members (excludes halogenated alkanes) is 1. The molecule has 0 heterocycles. The van der Waals surface area contributed by atoms with Crippen molar-refractivity contribution >= 4 is 18.0 Å². The number of nitrogens with zero attached hydrogens (tertiary/aromatic N) is 2. The molecule has 0 aromatic heterocycles. The van der Waals surface area contributed by atoms with Crippen LogP contribution in [0.2, 0.25) is 0 Å². The summed E-state index contributed by atoms with van der Waals surface area (Å²) in [4.78, 5) is 26.9. The molecule has 0 unspecified atom stereocenters. The average Bonchev–Trinajstić information content (AvgIpc) is 2.79. The average molecular weight is 409 g/mol. The van der Waals surface area contributed by atoms with Crippen molar-refractivity contribution in [3.8, 4) is 0 Å². The second-order valence-electron chi connectivity index (χ2n) is 7.00. The molecule has 0 aliphatic heterocycles. The second-order valence-corrected chi connectivity index (χ2v) is 7.00. The van der Waals surface area contributed by atoms with Gasteiger partial charge in [-0.25, -0.2) is 5.43 Å². The van der Waals surface area contributed by atoms with E-state index in [9.17, 15) is 9.59 Å². The van der Waals surface area contributed by atoms with Crippen LogP contribution < -0.4 is 10.7 Å². The molecule has 2 rings (SSSR count). The molecule has 0 saturated carbocycles. The highest BCUT2D eigenvalue weighted by molar-refractivity contribution is 5.94. The van der Waals surface area contributed by atoms with Crippen LogP contribution in [0.25, 0.3) is 0 Å². The Bertz CT molecular complexity index is 789. The van der Waals surface area contributed by atoms with E-state index in [-0.39, 0.29) is 17.9 Å². The highest BCUT2D eigenvalue weighted by atomic mass is 16.2. The number of carbonyl (C=O) groups excluding carboxylic acids is 2. The number of likely N-dealkylation sites (N-methyl/N-ethyl adjacent to an activating group) is 1. The Morgan fingerprint density at radius 3 is 2.23 bits per heavy atom. The molecule has 0 bridgehead atoms. The summed E-state index contributed by atoms with van der Waals surface area (Å²) in [6.07, 6.45) is 4.02. The predicted octanol–water partition coefficient (Wildman–Crippen LogP) is 3.45. The molecule has 1 atom stereocenters. The molecular formula is C24H32N4O2. The first-order chi connectivity index (χ1) is 14.7. The van der Waals surface area contributed by atoms with Crippen LogP contribution in [0.5, 0.6) is 0 Å². The number of benzene rings is 2. The minimum atomic E-state index is -0.238. The third-order valence-electron chi connectivity index (χ3n) is 4.97. The van der Waals surface area contributed by atoms with E-state index >= 15 is 0 Å². The first-order valence-electron chi connectivity index (χ1n) is 10.6. The first-order valence-corrected chi connectivity index (χ1v) is 10.6. The van der Waals surface area contributed by atoms with Gasteiger partial charge in [0.1, 0.15) is 0 Å². The molecule has 0 spiro atoms. The van der Waals surface area contributed by atoms with Crippen molar-refractivity contribution in [3.05, 3.63) is 71.8 Å². The van der Waals surface area contributed by atoms with E-state index in [0.717, 1.165) is 37.9 Å². The Labute approximate surface area is 179 Å². The molecule has 30 heavy (non-hydrogen) atoms.